The van der Waals surface area contributed by atoms with Gasteiger partial charge in [-0.2, -0.15) is 0 Å². The van der Waals surface area contributed by atoms with Crippen molar-refractivity contribution in [2.45, 2.75) is 13.8 Å². The van der Waals surface area contributed by atoms with E-state index in [4.69, 9.17) is 4.42 Å². The topological polar surface area (TPSA) is 26.0 Å². The SMILES string of the molecule is CC1(C)C=Cc2ncoc2C=C1. The number of aromatic nitrogens is 1. The molecule has 0 radical (unpaired) electrons. The summed E-state index contributed by atoms with van der Waals surface area (Å²) in [6, 6.07) is 0. The highest BCUT2D eigenvalue weighted by molar-refractivity contribution is 5.62. The van der Waals surface area contributed by atoms with Crippen molar-refractivity contribution in [3.63, 3.8) is 0 Å². The molecule has 0 amide bonds. The van der Waals surface area contributed by atoms with E-state index in [9.17, 15) is 0 Å². The van der Waals surface area contributed by atoms with Crippen molar-refractivity contribution >= 4 is 12.2 Å². The highest BCUT2D eigenvalue weighted by Crippen LogP contribution is 2.26. The number of hydrogen-bond acceptors (Lipinski definition) is 2. The Morgan fingerprint density at radius 3 is 2.83 bits per heavy atom. The van der Waals surface area contributed by atoms with Gasteiger partial charge in [-0.1, -0.05) is 26.0 Å². The van der Waals surface area contributed by atoms with E-state index >= 15 is 0 Å². The molecule has 1 heterocycles. The van der Waals surface area contributed by atoms with Crippen molar-refractivity contribution in [1.82, 2.24) is 4.98 Å². The Morgan fingerprint density at radius 2 is 2.00 bits per heavy atom. The zero-order chi connectivity index (χ0) is 8.60. The van der Waals surface area contributed by atoms with E-state index in [0.29, 0.717) is 0 Å². The quantitative estimate of drug-likeness (QED) is 0.584. The van der Waals surface area contributed by atoms with Crippen LogP contribution in [0.5, 0.6) is 0 Å². The minimum absolute atomic E-state index is 0.100. The Hall–Kier alpha value is -1.31. The first-order valence-electron chi connectivity index (χ1n) is 3.99. The van der Waals surface area contributed by atoms with Gasteiger partial charge in [-0.3, -0.25) is 0 Å². The van der Waals surface area contributed by atoms with Crippen LogP contribution in [0.1, 0.15) is 25.3 Å². The minimum Gasteiger partial charge on any atom is -0.443 e. The lowest BCUT2D eigenvalue weighted by Gasteiger charge is -2.11. The van der Waals surface area contributed by atoms with Crippen molar-refractivity contribution in [1.29, 1.82) is 0 Å². The van der Waals surface area contributed by atoms with Crippen LogP contribution >= 0.6 is 0 Å². The second-order valence-electron chi connectivity index (χ2n) is 3.59. The highest BCUT2D eigenvalue weighted by atomic mass is 16.3. The van der Waals surface area contributed by atoms with Crippen molar-refractivity contribution in [2.75, 3.05) is 0 Å². The summed E-state index contributed by atoms with van der Waals surface area (Å²) in [5.74, 6) is 0.844. The molecule has 1 aromatic heterocycles. The zero-order valence-electron chi connectivity index (χ0n) is 7.24. The zero-order valence-corrected chi connectivity index (χ0v) is 7.24. The molecule has 12 heavy (non-hydrogen) atoms. The Morgan fingerprint density at radius 1 is 1.25 bits per heavy atom. The molecule has 0 N–H and O–H groups in total. The highest BCUT2D eigenvalue weighted by Gasteiger charge is 2.14. The first kappa shape index (κ1) is 7.35. The average molecular weight is 161 g/mol. The molecule has 1 aliphatic carbocycles. The van der Waals surface area contributed by atoms with Gasteiger partial charge in [0, 0.05) is 5.41 Å². The molecule has 0 aliphatic heterocycles. The largest absolute Gasteiger partial charge is 0.443 e. The summed E-state index contributed by atoms with van der Waals surface area (Å²) < 4.78 is 5.18. The van der Waals surface area contributed by atoms with E-state index in [1.165, 1.54) is 6.39 Å². The second-order valence-corrected chi connectivity index (χ2v) is 3.59. The first-order valence-corrected chi connectivity index (χ1v) is 3.99. The van der Waals surface area contributed by atoms with Crippen LogP contribution in [0.2, 0.25) is 0 Å². The van der Waals surface area contributed by atoms with Gasteiger partial charge in [0.05, 0.1) is 0 Å². The summed E-state index contributed by atoms with van der Waals surface area (Å²) >= 11 is 0. The van der Waals surface area contributed by atoms with Crippen molar-refractivity contribution < 1.29 is 4.42 Å². The molecule has 1 aromatic rings. The molecular formula is C10H11NO. The number of hydrogen-bond donors (Lipinski definition) is 0. The van der Waals surface area contributed by atoms with E-state index < -0.39 is 0 Å². The Balaban J connectivity index is 2.49. The molecule has 0 saturated heterocycles. The minimum atomic E-state index is 0.100. The smallest absolute Gasteiger partial charge is 0.181 e. The van der Waals surface area contributed by atoms with Gasteiger partial charge in [0.2, 0.25) is 0 Å². The first-order chi connectivity index (χ1) is 5.67. The van der Waals surface area contributed by atoms with Crippen molar-refractivity contribution in [2.24, 2.45) is 5.41 Å². The van der Waals surface area contributed by atoms with E-state index in [0.717, 1.165) is 11.5 Å². The van der Waals surface area contributed by atoms with Gasteiger partial charge in [-0.05, 0) is 12.2 Å². The van der Waals surface area contributed by atoms with Gasteiger partial charge >= 0.3 is 0 Å². The molecule has 62 valence electrons. The molecule has 0 spiro atoms. The molecule has 2 nitrogen and oxygen atoms in total. The fourth-order valence-corrected chi connectivity index (χ4v) is 1.15. The maximum absolute atomic E-state index is 5.18. The monoisotopic (exact) mass is 161 g/mol. The fraction of sp³-hybridized carbons (Fsp3) is 0.300. The number of allylic oxidation sites excluding steroid dienone is 2. The van der Waals surface area contributed by atoms with Crippen LogP contribution in [0, 0.1) is 5.41 Å². The van der Waals surface area contributed by atoms with Gasteiger partial charge in [0.25, 0.3) is 0 Å². The molecule has 2 heteroatoms. The third-order valence-electron chi connectivity index (χ3n) is 1.96. The number of oxazole rings is 1. The fourth-order valence-electron chi connectivity index (χ4n) is 1.15. The van der Waals surface area contributed by atoms with Gasteiger partial charge in [0.1, 0.15) is 5.69 Å². The van der Waals surface area contributed by atoms with Crippen molar-refractivity contribution in [3.05, 3.63) is 30.0 Å². The maximum atomic E-state index is 5.18. The van der Waals surface area contributed by atoms with Gasteiger partial charge in [-0.15, -0.1) is 0 Å². The number of rotatable bonds is 0. The van der Waals surface area contributed by atoms with Crippen LogP contribution in [0.3, 0.4) is 0 Å². The van der Waals surface area contributed by atoms with Gasteiger partial charge in [-0.25, -0.2) is 4.98 Å². The average Bonchev–Trinajstić information content (AvgIpc) is 2.40. The van der Waals surface area contributed by atoms with Crippen LogP contribution in [-0.2, 0) is 0 Å². The summed E-state index contributed by atoms with van der Waals surface area (Å²) in [7, 11) is 0. The third-order valence-corrected chi connectivity index (χ3v) is 1.96. The van der Waals surface area contributed by atoms with Gasteiger partial charge < -0.3 is 4.42 Å². The lowest BCUT2D eigenvalue weighted by molar-refractivity contribution is 0.546. The Kier molecular flexibility index (Phi) is 1.43. The lowest BCUT2D eigenvalue weighted by atomic mass is 9.93. The summed E-state index contributed by atoms with van der Waals surface area (Å²) in [6.07, 6.45) is 9.68. The van der Waals surface area contributed by atoms with Crippen LogP contribution in [0.15, 0.2) is 23.0 Å². The molecule has 0 fully saturated rings. The lowest BCUT2D eigenvalue weighted by Crippen LogP contribution is -2.00. The van der Waals surface area contributed by atoms with Gasteiger partial charge in [0.15, 0.2) is 12.2 Å². The normalized spacial score (nSPS) is 18.8. The molecule has 1 aliphatic rings. The summed E-state index contributed by atoms with van der Waals surface area (Å²) in [6.45, 7) is 4.29. The molecule has 0 aromatic carbocycles. The van der Waals surface area contributed by atoms with E-state index in [1.54, 1.807) is 0 Å². The third kappa shape index (κ3) is 1.20. The predicted molar refractivity (Wildman–Crippen MR) is 48.4 cm³/mol. The number of nitrogens with zero attached hydrogens (tertiary/aromatic N) is 1. The molecule has 0 saturated carbocycles. The predicted octanol–water partition coefficient (Wildman–Crippen LogP) is 2.74. The van der Waals surface area contributed by atoms with E-state index in [-0.39, 0.29) is 5.41 Å². The van der Waals surface area contributed by atoms with Crippen molar-refractivity contribution in [3.8, 4) is 0 Å². The molecule has 0 unspecified atom stereocenters. The summed E-state index contributed by atoms with van der Waals surface area (Å²) in [4.78, 5) is 4.08. The van der Waals surface area contributed by atoms with E-state index in [1.807, 2.05) is 12.2 Å². The summed E-state index contributed by atoms with van der Waals surface area (Å²) in [5.41, 5.74) is 1.01. The molecule has 0 atom stereocenters. The number of fused-ring (bicyclic) bond motifs is 1. The standard InChI is InChI=1S/C10H11NO/c1-10(2)5-3-8-9(4-6-10)12-7-11-8/h3-7H,1-2H3. The molecule has 0 bridgehead atoms. The second kappa shape index (κ2) is 2.34. The Bertz CT molecular complexity index is 314. The van der Waals surface area contributed by atoms with Crippen LogP contribution in [-0.4, -0.2) is 4.98 Å². The van der Waals surface area contributed by atoms with Crippen LogP contribution in [0.25, 0.3) is 12.2 Å². The van der Waals surface area contributed by atoms with E-state index in [2.05, 4.69) is 31.0 Å². The maximum Gasteiger partial charge on any atom is 0.181 e. The van der Waals surface area contributed by atoms with Crippen LogP contribution in [0.4, 0.5) is 0 Å². The molecular weight excluding hydrogens is 150 g/mol. The molecule has 2 rings (SSSR count). The van der Waals surface area contributed by atoms with Crippen LogP contribution < -0.4 is 0 Å². The summed E-state index contributed by atoms with van der Waals surface area (Å²) in [5, 5.41) is 0. The Labute approximate surface area is 71.6 Å².